The van der Waals surface area contributed by atoms with Crippen LogP contribution in [0.3, 0.4) is 0 Å². The molecule has 0 aliphatic rings. The Kier molecular flexibility index (Phi) is 20.7. The Morgan fingerprint density at radius 3 is 1.35 bits per heavy atom. The summed E-state index contributed by atoms with van der Waals surface area (Å²) in [5.41, 5.74) is 0. The van der Waals surface area contributed by atoms with Gasteiger partial charge < -0.3 is 0 Å². The summed E-state index contributed by atoms with van der Waals surface area (Å²) in [6, 6.07) is 0. The molecule has 2 nitrogen and oxygen atoms in total. The zero-order valence-corrected chi connectivity index (χ0v) is 18.8. The van der Waals surface area contributed by atoms with E-state index in [1.54, 1.807) is 0 Å². The third-order valence-corrected chi connectivity index (χ3v) is 5.42. The minimum absolute atomic E-state index is 1.14. The van der Waals surface area contributed by atoms with Gasteiger partial charge in [0.25, 0.3) is 0 Å². The predicted octanol–water partition coefficient (Wildman–Crippen LogP) is 7.60. The number of hydrogen-bond donors (Lipinski definition) is 0. The van der Waals surface area contributed by atoms with Gasteiger partial charge in [0.15, 0.2) is 0 Å². The second-order valence-corrected chi connectivity index (χ2v) is 7.62. The first-order valence-electron chi connectivity index (χ1n) is 11.9. The molecule has 156 valence electrons. The number of allylic oxidation sites excluding steroid dienone is 2. The molecular formula is C24H50N2. The predicted molar refractivity (Wildman–Crippen MR) is 120 cm³/mol. The van der Waals surface area contributed by atoms with Crippen molar-refractivity contribution in [2.75, 3.05) is 26.2 Å². The van der Waals surface area contributed by atoms with Crippen LogP contribution in [-0.4, -0.2) is 36.2 Å². The molecule has 0 saturated heterocycles. The molecule has 2 heteroatoms. The van der Waals surface area contributed by atoms with Crippen LogP contribution >= 0.6 is 0 Å². The minimum Gasteiger partial charge on any atom is -0.242 e. The van der Waals surface area contributed by atoms with E-state index in [0.29, 0.717) is 0 Å². The van der Waals surface area contributed by atoms with Crippen molar-refractivity contribution in [1.29, 1.82) is 0 Å². The Labute approximate surface area is 166 Å². The van der Waals surface area contributed by atoms with E-state index in [2.05, 4.69) is 49.9 Å². The van der Waals surface area contributed by atoms with Gasteiger partial charge in [-0.1, -0.05) is 97.6 Å². The van der Waals surface area contributed by atoms with Crippen LogP contribution in [0.1, 0.15) is 118 Å². The molecule has 0 aromatic heterocycles. The molecule has 26 heavy (non-hydrogen) atoms. The second-order valence-electron chi connectivity index (χ2n) is 7.62. The lowest BCUT2D eigenvalue weighted by Gasteiger charge is -2.32. The van der Waals surface area contributed by atoms with Crippen molar-refractivity contribution in [2.24, 2.45) is 0 Å². The first-order chi connectivity index (χ1) is 12.8. The first-order valence-corrected chi connectivity index (χ1v) is 11.9. The fourth-order valence-electron chi connectivity index (χ4n) is 3.66. The van der Waals surface area contributed by atoms with Crippen molar-refractivity contribution in [2.45, 2.75) is 118 Å². The van der Waals surface area contributed by atoms with Crippen molar-refractivity contribution in [3.05, 3.63) is 12.2 Å². The van der Waals surface area contributed by atoms with Crippen LogP contribution < -0.4 is 0 Å². The number of hydrazine groups is 1. The van der Waals surface area contributed by atoms with Crippen LogP contribution in [0.2, 0.25) is 0 Å². The molecule has 0 spiro atoms. The fourth-order valence-corrected chi connectivity index (χ4v) is 3.66. The first kappa shape index (κ1) is 25.7. The van der Waals surface area contributed by atoms with Gasteiger partial charge in [-0.3, -0.25) is 0 Å². The highest BCUT2D eigenvalue weighted by Gasteiger charge is 2.08. The summed E-state index contributed by atoms with van der Waals surface area (Å²) < 4.78 is 0. The van der Waals surface area contributed by atoms with Crippen molar-refractivity contribution in [1.82, 2.24) is 10.0 Å². The van der Waals surface area contributed by atoms with Gasteiger partial charge >= 0.3 is 0 Å². The Bertz CT molecular complexity index is 284. The standard InChI is InChI=1S/C24H50N2/c1-5-9-10-11-12-13-14-15-16-17-18-19-20-21-22-23-24-26(8-4)25(6-2)7-3/h15-16H,5-14,17-24H2,1-4H3. The zero-order chi connectivity index (χ0) is 19.3. The van der Waals surface area contributed by atoms with Gasteiger partial charge in [0, 0.05) is 26.2 Å². The largest absolute Gasteiger partial charge is 0.242 e. The van der Waals surface area contributed by atoms with E-state index in [1.165, 1.54) is 96.4 Å². The number of unbranched alkanes of at least 4 members (excludes halogenated alkanes) is 12. The van der Waals surface area contributed by atoms with Crippen LogP contribution in [0.15, 0.2) is 12.2 Å². The van der Waals surface area contributed by atoms with Crippen LogP contribution in [0.25, 0.3) is 0 Å². The van der Waals surface area contributed by atoms with Gasteiger partial charge in [-0.2, -0.15) is 0 Å². The average molecular weight is 367 g/mol. The highest BCUT2D eigenvalue weighted by Crippen LogP contribution is 2.10. The van der Waals surface area contributed by atoms with Gasteiger partial charge in [-0.15, -0.1) is 0 Å². The maximum Gasteiger partial charge on any atom is 0.0133 e. The fraction of sp³-hybridized carbons (Fsp3) is 0.917. The SMILES string of the molecule is CCCCCCCCC=CCCCCCCCCN(CC)N(CC)CC. The van der Waals surface area contributed by atoms with E-state index in [9.17, 15) is 0 Å². The number of nitrogens with zero attached hydrogens (tertiary/aromatic N) is 2. The second kappa shape index (κ2) is 21.0. The van der Waals surface area contributed by atoms with Crippen LogP contribution in [0.4, 0.5) is 0 Å². The molecule has 0 N–H and O–H groups in total. The number of rotatable bonds is 20. The summed E-state index contributed by atoms with van der Waals surface area (Å²) in [7, 11) is 0. The van der Waals surface area contributed by atoms with E-state index in [1.807, 2.05) is 0 Å². The Hall–Kier alpha value is -0.340. The molecule has 0 radical (unpaired) electrons. The molecule has 0 aliphatic carbocycles. The van der Waals surface area contributed by atoms with E-state index in [0.717, 1.165) is 19.6 Å². The Morgan fingerprint density at radius 1 is 0.462 bits per heavy atom. The average Bonchev–Trinajstić information content (AvgIpc) is 2.66. The highest BCUT2D eigenvalue weighted by molar-refractivity contribution is 4.81. The quantitative estimate of drug-likeness (QED) is 0.124. The van der Waals surface area contributed by atoms with Crippen LogP contribution in [-0.2, 0) is 0 Å². The zero-order valence-electron chi connectivity index (χ0n) is 18.8. The topological polar surface area (TPSA) is 6.48 Å². The lowest BCUT2D eigenvalue weighted by molar-refractivity contribution is -0.0129. The molecule has 0 aromatic carbocycles. The smallest absolute Gasteiger partial charge is 0.0133 e. The third-order valence-electron chi connectivity index (χ3n) is 5.42. The normalized spacial score (nSPS) is 12.1. The molecule has 0 aromatic rings. The van der Waals surface area contributed by atoms with Gasteiger partial charge in [-0.05, 0) is 32.1 Å². The van der Waals surface area contributed by atoms with Crippen LogP contribution in [0.5, 0.6) is 0 Å². The number of hydrogen-bond acceptors (Lipinski definition) is 2. The van der Waals surface area contributed by atoms with E-state index in [-0.39, 0.29) is 0 Å². The maximum atomic E-state index is 2.52. The van der Waals surface area contributed by atoms with E-state index in [4.69, 9.17) is 0 Å². The molecule has 0 atom stereocenters. The van der Waals surface area contributed by atoms with Gasteiger partial charge in [-0.25, -0.2) is 10.0 Å². The molecule has 0 fully saturated rings. The summed E-state index contributed by atoms with van der Waals surface area (Å²) in [5.74, 6) is 0. The molecule has 0 unspecified atom stereocenters. The lowest BCUT2D eigenvalue weighted by atomic mass is 10.1. The highest BCUT2D eigenvalue weighted by atomic mass is 15.6. The van der Waals surface area contributed by atoms with Crippen molar-refractivity contribution in [3.63, 3.8) is 0 Å². The molecule has 0 heterocycles. The summed E-state index contributed by atoms with van der Waals surface area (Å²) in [6.45, 7) is 13.7. The Morgan fingerprint density at radius 2 is 0.885 bits per heavy atom. The van der Waals surface area contributed by atoms with Crippen molar-refractivity contribution < 1.29 is 0 Å². The molecule has 0 amide bonds. The third kappa shape index (κ3) is 15.9. The lowest BCUT2D eigenvalue weighted by Crippen LogP contribution is -2.42. The van der Waals surface area contributed by atoms with E-state index >= 15 is 0 Å². The molecule has 0 bridgehead atoms. The summed E-state index contributed by atoms with van der Waals surface area (Å²) >= 11 is 0. The molecule has 0 aliphatic heterocycles. The minimum atomic E-state index is 1.14. The van der Waals surface area contributed by atoms with E-state index < -0.39 is 0 Å². The summed E-state index contributed by atoms with van der Waals surface area (Å²) in [5, 5.41) is 4.99. The monoisotopic (exact) mass is 366 g/mol. The molecule has 0 rings (SSSR count). The Balaban J connectivity index is 3.34. The van der Waals surface area contributed by atoms with Gasteiger partial charge in [0.2, 0.25) is 0 Å². The van der Waals surface area contributed by atoms with Crippen molar-refractivity contribution >= 4 is 0 Å². The summed E-state index contributed by atoms with van der Waals surface area (Å²) in [4.78, 5) is 0. The van der Waals surface area contributed by atoms with Gasteiger partial charge in [0.1, 0.15) is 0 Å². The maximum absolute atomic E-state index is 2.52. The van der Waals surface area contributed by atoms with Crippen molar-refractivity contribution in [3.8, 4) is 0 Å². The van der Waals surface area contributed by atoms with Crippen LogP contribution in [0, 0.1) is 0 Å². The van der Waals surface area contributed by atoms with Gasteiger partial charge in [0.05, 0.1) is 0 Å². The summed E-state index contributed by atoms with van der Waals surface area (Å²) in [6.07, 6.45) is 24.3. The molecule has 0 saturated carbocycles. The molecular weight excluding hydrogens is 316 g/mol.